The van der Waals surface area contributed by atoms with Crippen LogP contribution in [-0.2, 0) is 9.47 Å². The normalized spacial score (nSPS) is 14.7. The van der Waals surface area contributed by atoms with E-state index in [9.17, 15) is 0 Å². The second-order valence-electron chi connectivity index (χ2n) is 8.12. The third-order valence-electron chi connectivity index (χ3n) is 5.75. The fourth-order valence-electron chi connectivity index (χ4n) is 2.69. The molecule has 0 radical (unpaired) electrons. The molecule has 0 bridgehead atoms. The van der Waals surface area contributed by atoms with Crippen LogP contribution in [0.25, 0.3) is 0 Å². The molecule has 4 heteroatoms. The summed E-state index contributed by atoms with van der Waals surface area (Å²) in [6.45, 7) is 18.1. The van der Waals surface area contributed by atoms with E-state index in [0.29, 0.717) is 13.2 Å². The second-order valence-corrected chi connectivity index (χ2v) is 8.12. The van der Waals surface area contributed by atoms with E-state index in [0.717, 1.165) is 30.8 Å². The number of benzene rings is 1. The van der Waals surface area contributed by atoms with Crippen LogP contribution in [-0.4, -0.2) is 31.2 Å². The minimum atomic E-state index is -0.345. The second kappa shape index (κ2) is 10.9. The van der Waals surface area contributed by atoms with Crippen molar-refractivity contribution < 1.29 is 18.9 Å². The Morgan fingerprint density at radius 3 is 2.04 bits per heavy atom. The fraction of sp³-hybridized carbons (Fsp3) is 0.739. The Labute approximate surface area is 166 Å². The lowest BCUT2D eigenvalue weighted by atomic mass is 9.80. The third-order valence-corrected chi connectivity index (χ3v) is 5.75. The van der Waals surface area contributed by atoms with Crippen molar-refractivity contribution >= 4 is 0 Å². The van der Waals surface area contributed by atoms with Crippen LogP contribution >= 0.6 is 0 Å². The van der Waals surface area contributed by atoms with E-state index in [1.807, 2.05) is 31.2 Å². The van der Waals surface area contributed by atoms with Gasteiger partial charge in [-0.2, -0.15) is 0 Å². The largest absolute Gasteiger partial charge is 0.488 e. The summed E-state index contributed by atoms with van der Waals surface area (Å²) in [5, 5.41) is 0. The highest BCUT2D eigenvalue weighted by Crippen LogP contribution is 2.31. The van der Waals surface area contributed by atoms with Gasteiger partial charge in [0.25, 0.3) is 0 Å². The van der Waals surface area contributed by atoms with Gasteiger partial charge in [0, 0.05) is 6.07 Å². The smallest absolute Gasteiger partial charge is 0.197 e. The van der Waals surface area contributed by atoms with Crippen LogP contribution in [0, 0.1) is 5.41 Å². The molecule has 4 nitrogen and oxygen atoms in total. The molecule has 0 fully saturated rings. The van der Waals surface area contributed by atoms with Gasteiger partial charge in [-0.15, -0.1) is 0 Å². The van der Waals surface area contributed by atoms with Crippen LogP contribution in [0.1, 0.15) is 74.7 Å². The maximum Gasteiger partial charge on any atom is 0.197 e. The molecule has 1 aromatic carbocycles. The number of hydrogen-bond acceptors (Lipinski definition) is 4. The van der Waals surface area contributed by atoms with E-state index in [4.69, 9.17) is 18.9 Å². The van der Waals surface area contributed by atoms with Crippen molar-refractivity contribution in [3.63, 3.8) is 0 Å². The molecule has 0 saturated heterocycles. The molecule has 0 N–H and O–H groups in total. The minimum Gasteiger partial charge on any atom is -0.488 e. The zero-order valence-corrected chi connectivity index (χ0v) is 18.6. The van der Waals surface area contributed by atoms with Crippen LogP contribution in [0.15, 0.2) is 24.3 Å². The Morgan fingerprint density at radius 2 is 1.44 bits per heavy atom. The minimum absolute atomic E-state index is 0.194. The molecule has 1 aromatic rings. The van der Waals surface area contributed by atoms with Crippen molar-refractivity contribution in [3.05, 3.63) is 24.3 Å². The molecular weight excluding hydrogens is 340 g/mol. The maximum absolute atomic E-state index is 6.01. The molecule has 0 amide bonds. The molecule has 1 rings (SSSR count). The van der Waals surface area contributed by atoms with Crippen LogP contribution < -0.4 is 9.47 Å². The zero-order chi connectivity index (χ0) is 20.5. The highest BCUT2D eigenvalue weighted by molar-refractivity contribution is 5.33. The number of rotatable bonds is 13. The molecular formula is C23H40O4. The Bertz CT molecular complexity index is 537. The predicted octanol–water partition coefficient (Wildman–Crippen LogP) is 6.23. The standard InChI is InChI=1S/C23H40O4/c1-9-22(6,7)27-21-14-12-13-20(17-21)26-19(5)25-16-15-24-18(4)23(8,10-2)11-3/h12-14,17-19H,9-11,15-16H2,1-8H3. The summed E-state index contributed by atoms with van der Waals surface area (Å²) in [5.41, 5.74) is 0.0229. The van der Waals surface area contributed by atoms with E-state index in [2.05, 4.69) is 48.5 Å². The summed E-state index contributed by atoms with van der Waals surface area (Å²) in [6, 6.07) is 7.70. The lowest BCUT2D eigenvalue weighted by molar-refractivity contribution is -0.104. The Kier molecular flexibility index (Phi) is 9.61. The first-order valence-electron chi connectivity index (χ1n) is 10.3. The van der Waals surface area contributed by atoms with Gasteiger partial charge in [-0.1, -0.05) is 33.8 Å². The molecule has 0 saturated carbocycles. The number of hydrogen-bond donors (Lipinski definition) is 0. The zero-order valence-electron chi connectivity index (χ0n) is 18.6. The van der Waals surface area contributed by atoms with Gasteiger partial charge in [-0.05, 0) is 64.5 Å². The van der Waals surface area contributed by atoms with Crippen molar-refractivity contribution in [2.45, 2.75) is 92.6 Å². The van der Waals surface area contributed by atoms with Crippen molar-refractivity contribution in [2.24, 2.45) is 5.41 Å². The van der Waals surface area contributed by atoms with Gasteiger partial charge in [0.05, 0.1) is 19.3 Å². The highest BCUT2D eigenvalue weighted by Gasteiger charge is 2.27. The average molecular weight is 381 g/mol. The van der Waals surface area contributed by atoms with Gasteiger partial charge in [0.1, 0.15) is 17.1 Å². The van der Waals surface area contributed by atoms with Crippen molar-refractivity contribution in [1.82, 2.24) is 0 Å². The van der Waals surface area contributed by atoms with Crippen LogP contribution in [0.2, 0.25) is 0 Å². The SMILES string of the molecule is CCC(C)(C)Oc1cccc(OC(C)OCCOC(C)C(C)(CC)CC)c1. The van der Waals surface area contributed by atoms with Crippen LogP contribution in [0.4, 0.5) is 0 Å². The summed E-state index contributed by atoms with van der Waals surface area (Å²) < 4.78 is 23.6. The summed E-state index contributed by atoms with van der Waals surface area (Å²) in [4.78, 5) is 0. The molecule has 2 atom stereocenters. The van der Waals surface area contributed by atoms with Crippen molar-refractivity contribution in [1.29, 1.82) is 0 Å². The third kappa shape index (κ3) is 8.10. The predicted molar refractivity (Wildman–Crippen MR) is 112 cm³/mol. The summed E-state index contributed by atoms with van der Waals surface area (Å²) in [7, 11) is 0. The van der Waals surface area contributed by atoms with Gasteiger partial charge in [-0.3, -0.25) is 0 Å². The molecule has 0 heterocycles. The van der Waals surface area contributed by atoms with Crippen LogP contribution in [0.3, 0.4) is 0 Å². The summed E-state index contributed by atoms with van der Waals surface area (Å²) in [6.07, 6.45) is 3.02. The Balaban J connectivity index is 2.42. The first kappa shape index (κ1) is 23.8. The van der Waals surface area contributed by atoms with E-state index in [1.165, 1.54) is 0 Å². The number of ether oxygens (including phenoxy) is 4. The highest BCUT2D eigenvalue weighted by atomic mass is 16.7. The Morgan fingerprint density at radius 1 is 0.852 bits per heavy atom. The Hall–Kier alpha value is -1.26. The molecule has 0 aliphatic heterocycles. The van der Waals surface area contributed by atoms with Gasteiger partial charge >= 0.3 is 0 Å². The molecule has 0 spiro atoms. The van der Waals surface area contributed by atoms with Gasteiger partial charge in [0.15, 0.2) is 6.29 Å². The molecule has 2 unspecified atom stereocenters. The molecule has 0 aromatic heterocycles. The fourth-order valence-corrected chi connectivity index (χ4v) is 2.69. The first-order chi connectivity index (χ1) is 12.7. The summed E-state index contributed by atoms with van der Waals surface area (Å²) in [5.74, 6) is 1.55. The molecule has 0 aliphatic carbocycles. The van der Waals surface area contributed by atoms with E-state index in [-0.39, 0.29) is 23.4 Å². The average Bonchev–Trinajstić information content (AvgIpc) is 2.64. The molecule has 27 heavy (non-hydrogen) atoms. The van der Waals surface area contributed by atoms with Crippen LogP contribution in [0.5, 0.6) is 11.5 Å². The van der Waals surface area contributed by atoms with Gasteiger partial charge < -0.3 is 18.9 Å². The summed E-state index contributed by atoms with van der Waals surface area (Å²) >= 11 is 0. The van der Waals surface area contributed by atoms with Gasteiger partial charge in [0.2, 0.25) is 0 Å². The van der Waals surface area contributed by atoms with Crippen molar-refractivity contribution in [3.8, 4) is 11.5 Å². The quantitative estimate of drug-likeness (QED) is 0.300. The lowest BCUT2D eigenvalue weighted by Crippen LogP contribution is -2.32. The molecule has 0 aliphatic rings. The van der Waals surface area contributed by atoms with Gasteiger partial charge in [-0.25, -0.2) is 0 Å². The topological polar surface area (TPSA) is 36.9 Å². The van der Waals surface area contributed by atoms with E-state index >= 15 is 0 Å². The van der Waals surface area contributed by atoms with E-state index in [1.54, 1.807) is 0 Å². The lowest BCUT2D eigenvalue weighted by Gasteiger charge is -2.33. The first-order valence-corrected chi connectivity index (χ1v) is 10.3. The monoisotopic (exact) mass is 380 g/mol. The van der Waals surface area contributed by atoms with E-state index < -0.39 is 0 Å². The maximum atomic E-state index is 6.01. The van der Waals surface area contributed by atoms with Crippen molar-refractivity contribution in [2.75, 3.05) is 13.2 Å². The molecule has 156 valence electrons.